The minimum atomic E-state index is 0.0735. The van der Waals surface area contributed by atoms with E-state index in [-0.39, 0.29) is 12.5 Å². The summed E-state index contributed by atoms with van der Waals surface area (Å²) in [6.45, 7) is 1.61. The van der Waals surface area contributed by atoms with E-state index in [9.17, 15) is 4.79 Å². The Labute approximate surface area is 100 Å². The van der Waals surface area contributed by atoms with E-state index in [1.54, 1.807) is 23.3 Å². The van der Waals surface area contributed by atoms with Gasteiger partial charge in [0.2, 0.25) is 5.91 Å². The predicted molar refractivity (Wildman–Crippen MR) is 65.4 cm³/mol. The van der Waals surface area contributed by atoms with Crippen LogP contribution in [0.4, 0.5) is 0 Å². The van der Waals surface area contributed by atoms with Gasteiger partial charge in [0.15, 0.2) is 0 Å². The first-order valence-electron chi connectivity index (χ1n) is 5.19. The van der Waals surface area contributed by atoms with Crippen LogP contribution in [-0.2, 0) is 11.3 Å². The van der Waals surface area contributed by atoms with E-state index in [1.165, 1.54) is 4.88 Å². The number of thiophene rings is 1. The Balaban J connectivity index is 2.36. The van der Waals surface area contributed by atoms with Crippen molar-refractivity contribution in [3.8, 4) is 0 Å². The van der Waals surface area contributed by atoms with Crippen molar-refractivity contribution in [2.75, 3.05) is 33.8 Å². The van der Waals surface area contributed by atoms with Crippen molar-refractivity contribution in [1.29, 1.82) is 0 Å². The summed E-state index contributed by atoms with van der Waals surface area (Å²) in [6, 6.07) is 4.00. The van der Waals surface area contributed by atoms with Crippen LogP contribution in [0, 0.1) is 0 Å². The van der Waals surface area contributed by atoms with Crippen LogP contribution in [-0.4, -0.2) is 54.6 Å². The second-order valence-electron chi connectivity index (χ2n) is 3.79. The molecule has 1 rings (SSSR count). The van der Waals surface area contributed by atoms with E-state index in [0.717, 1.165) is 0 Å². The maximum Gasteiger partial charge on any atom is 0.236 e. The Morgan fingerprint density at radius 2 is 2.25 bits per heavy atom. The van der Waals surface area contributed by atoms with Crippen molar-refractivity contribution in [1.82, 2.24) is 9.80 Å². The Bertz CT molecular complexity index is 314. The largest absolute Gasteiger partial charge is 0.395 e. The third-order valence-corrected chi connectivity index (χ3v) is 3.15. The molecule has 1 heterocycles. The second kappa shape index (κ2) is 6.62. The summed E-state index contributed by atoms with van der Waals surface area (Å²) in [5.41, 5.74) is 0. The smallest absolute Gasteiger partial charge is 0.236 e. The van der Waals surface area contributed by atoms with Gasteiger partial charge >= 0.3 is 0 Å². The molecule has 1 amide bonds. The molecule has 0 spiro atoms. The van der Waals surface area contributed by atoms with Crippen molar-refractivity contribution in [2.24, 2.45) is 0 Å². The average Bonchev–Trinajstić information content (AvgIpc) is 2.70. The lowest BCUT2D eigenvalue weighted by Gasteiger charge is -2.20. The fraction of sp³-hybridized carbons (Fsp3) is 0.545. The molecule has 1 N–H and O–H groups in total. The van der Waals surface area contributed by atoms with Crippen molar-refractivity contribution in [3.05, 3.63) is 22.4 Å². The maximum absolute atomic E-state index is 11.8. The molecular formula is C11H18N2O2S. The highest BCUT2D eigenvalue weighted by Crippen LogP contribution is 2.10. The molecule has 0 radical (unpaired) electrons. The van der Waals surface area contributed by atoms with E-state index in [2.05, 4.69) is 0 Å². The molecule has 0 atom stereocenters. The molecule has 0 unspecified atom stereocenters. The molecule has 1 aromatic heterocycles. The molecule has 0 aliphatic carbocycles. The van der Waals surface area contributed by atoms with Crippen LogP contribution in [0.3, 0.4) is 0 Å². The molecule has 0 aromatic carbocycles. The average molecular weight is 242 g/mol. The minimum absolute atomic E-state index is 0.0735. The van der Waals surface area contributed by atoms with Gasteiger partial charge in [-0.3, -0.25) is 9.69 Å². The number of rotatable bonds is 6. The molecule has 0 saturated heterocycles. The summed E-state index contributed by atoms with van der Waals surface area (Å²) in [7, 11) is 3.63. The van der Waals surface area contributed by atoms with Crippen LogP contribution in [0.25, 0.3) is 0 Å². The summed E-state index contributed by atoms with van der Waals surface area (Å²) in [5, 5.41) is 10.7. The zero-order chi connectivity index (χ0) is 12.0. The number of hydrogen-bond acceptors (Lipinski definition) is 4. The van der Waals surface area contributed by atoms with Crippen molar-refractivity contribution >= 4 is 17.2 Å². The Morgan fingerprint density at radius 1 is 1.50 bits per heavy atom. The van der Waals surface area contributed by atoms with Gasteiger partial charge in [-0.05, 0) is 18.5 Å². The van der Waals surface area contributed by atoms with Gasteiger partial charge < -0.3 is 10.0 Å². The van der Waals surface area contributed by atoms with Gasteiger partial charge in [0.25, 0.3) is 0 Å². The minimum Gasteiger partial charge on any atom is -0.395 e. The monoisotopic (exact) mass is 242 g/mol. The highest BCUT2D eigenvalue weighted by molar-refractivity contribution is 7.09. The molecule has 0 bridgehead atoms. The maximum atomic E-state index is 11.8. The van der Waals surface area contributed by atoms with Gasteiger partial charge in [0.05, 0.1) is 19.7 Å². The molecule has 0 aliphatic heterocycles. The van der Waals surface area contributed by atoms with Crippen molar-refractivity contribution in [2.45, 2.75) is 6.54 Å². The van der Waals surface area contributed by atoms with Crippen molar-refractivity contribution in [3.63, 3.8) is 0 Å². The number of amides is 1. The van der Waals surface area contributed by atoms with Gasteiger partial charge in [-0.1, -0.05) is 6.07 Å². The first kappa shape index (κ1) is 13.2. The summed E-state index contributed by atoms with van der Waals surface area (Å²) >= 11 is 1.65. The second-order valence-corrected chi connectivity index (χ2v) is 4.82. The molecule has 1 aromatic rings. The molecule has 90 valence electrons. The highest BCUT2D eigenvalue weighted by atomic mass is 32.1. The van der Waals surface area contributed by atoms with Crippen LogP contribution < -0.4 is 0 Å². The number of carbonyl (C=O) groups is 1. The molecule has 0 aliphatic rings. The summed E-state index contributed by atoms with van der Waals surface area (Å²) in [5.74, 6) is 0.0735. The Hall–Kier alpha value is -0.910. The Morgan fingerprint density at radius 3 is 2.81 bits per heavy atom. The number of likely N-dealkylation sites (N-methyl/N-ethyl adjacent to an activating group) is 2. The van der Waals surface area contributed by atoms with E-state index in [1.807, 2.05) is 29.5 Å². The first-order chi connectivity index (χ1) is 7.63. The standard InChI is InChI=1S/C11H18N2O2S/c1-12(5-6-14)9-11(15)13(2)8-10-4-3-7-16-10/h3-4,7,14H,5-6,8-9H2,1-2H3. The van der Waals surface area contributed by atoms with E-state index < -0.39 is 0 Å². The van der Waals surface area contributed by atoms with Crippen LogP contribution in [0.2, 0.25) is 0 Å². The quantitative estimate of drug-likeness (QED) is 0.796. The zero-order valence-corrected chi connectivity index (χ0v) is 10.5. The molecular weight excluding hydrogens is 224 g/mol. The molecule has 5 heteroatoms. The number of hydrogen-bond donors (Lipinski definition) is 1. The van der Waals surface area contributed by atoms with Crippen LogP contribution in [0.15, 0.2) is 17.5 Å². The third-order valence-electron chi connectivity index (χ3n) is 2.29. The molecule has 0 fully saturated rings. The lowest BCUT2D eigenvalue weighted by Crippen LogP contribution is -2.37. The summed E-state index contributed by atoms with van der Waals surface area (Å²) < 4.78 is 0. The SMILES string of the molecule is CN(CCO)CC(=O)N(C)Cc1cccs1. The highest BCUT2D eigenvalue weighted by Gasteiger charge is 2.11. The van der Waals surface area contributed by atoms with Gasteiger partial charge in [0.1, 0.15) is 0 Å². The van der Waals surface area contributed by atoms with Crippen LogP contribution in [0.5, 0.6) is 0 Å². The fourth-order valence-corrected chi connectivity index (χ4v) is 2.08. The van der Waals surface area contributed by atoms with Crippen LogP contribution >= 0.6 is 11.3 Å². The van der Waals surface area contributed by atoms with Gasteiger partial charge in [-0.2, -0.15) is 0 Å². The number of carbonyl (C=O) groups excluding carboxylic acids is 1. The summed E-state index contributed by atoms with van der Waals surface area (Å²) in [6.07, 6.45) is 0. The number of aliphatic hydroxyl groups excluding tert-OH is 1. The first-order valence-corrected chi connectivity index (χ1v) is 6.07. The number of aliphatic hydroxyl groups is 1. The van der Waals surface area contributed by atoms with Gasteiger partial charge in [0, 0.05) is 18.5 Å². The lowest BCUT2D eigenvalue weighted by atomic mass is 10.4. The molecule has 0 saturated carbocycles. The van der Waals surface area contributed by atoms with Gasteiger partial charge in [-0.15, -0.1) is 11.3 Å². The molecule has 4 nitrogen and oxygen atoms in total. The Kier molecular flexibility index (Phi) is 5.45. The fourth-order valence-electron chi connectivity index (χ4n) is 1.33. The predicted octanol–water partition coefficient (Wildman–Crippen LogP) is 0.631. The van der Waals surface area contributed by atoms with Crippen molar-refractivity contribution < 1.29 is 9.90 Å². The van der Waals surface area contributed by atoms with E-state index >= 15 is 0 Å². The van der Waals surface area contributed by atoms with E-state index in [0.29, 0.717) is 19.6 Å². The summed E-state index contributed by atoms with van der Waals surface area (Å²) in [4.78, 5) is 16.5. The normalized spacial score (nSPS) is 10.8. The van der Waals surface area contributed by atoms with E-state index in [4.69, 9.17) is 5.11 Å². The number of nitrogens with zero attached hydrogens (tertiary/aromatic N) is 2. The topological polar surface area (TPSA) is 43.8 Å². The zero-order valence-electron chi connectivity index (χ0n) is 9.72. The lowest BCUT2D eigenvalue weighted by molar-refractivity contribution is -0.131. The van der Waals surface area contributed by atoms with Crippen LogP contribution in [0.1, 0.15) is 4.88 Å². The third kappa shape index (κ3) is 4.30. The van der Waals surface area contributed by atoms with Gasteiger partial charge in [-0.25, -0.2) is 0 Å². The molecule has 16 heavy (non-hydrogen) atoms.